The summed E-state index contributed by atoms with van der Waals surface area (Å²) in [4.78, 5) is 23.8. The number of nitrogens with zero attached hydrogens (tertiary/aromatic N) is 1. The second-order valence-corrected chi connectivity index (χ2v) is 5.23. The minimum atomic E-state index is -0.273. The van der Waals surface area contributed by atoms with E-state index in [9.17, 15) is 9.59 Å². The van der Waals surface area contributed by atoms with Gasteiger partial charge in [-0.3, -0.25) is 9.59 Å². The quantitative estimate of drug-likeness (QED) is 0.880. The summed E-state index contributed by atoms with van der Waals surface area (Å²) in [6, 6.07) is 8.87. The minimum Gasteiger partial charge on any atom is -0.359 e. The van der Waals surface area contributed by atoms with Crippen LogP contribution in [0.3, 0.4) is 0 Å². The van der Waals surface area contributed by atoms with Gasteiger partial charge in [-0.1, -0.05) is 30.3 Å². The predicted molar refractivity (Wildman–Crippen MR) is 79.0 cm³/mol. The summed E-state index contributed by atoms with van der Waals surface area (Å²) in [6.07, 6.45) is 1.000. The number of carbonyl (C=O) groups is 2. The lowest BCUT2D eigenvalue weighted by molar-refractivity contribution is -0.121. The maximum atomic E-state index is 12.0. The Bertz CT molecular complexity index is 708. The molecule has 2 amide bonds. The van der Waals surface area contributed by atoms with Gasteiger partial charge in [0.2, 0.25) is 5.91 Å². The van der Waals surface area contributed by atoms with Crippen LogP contribution in [-0.2, 0) is 17.8 Å². The van der Waals surface area contributed by atoms with Crippen molar-refractivity contribution in [3.63, 3.8) is 0 Å². The molecule has 0 bridgehead atoms. The van der Waals surface area contributed by atoms with E-state index in [2.05, 4.69) is 15.8 Å². The number of aromatic nitrogens is 1. The van der Waals surface area contributed by atoms with Crippen LogP contribution < -0.4 is 10.6 Å². The molecule has 6 heteroatoms. The van der Waals surface area contributed by atoms with Gasteiger partial charge in [0.15, 0.2) is 5.76 Å². The molecule has 1 aromatic heterocycles. The first-order chi connectivity index (χ1) is 10.7. The first kappa shape index (κ1) is 14.3. The molecule has 0 fully saturated rings. The Morgan fingerprint density at radius 3 is 3.00 bits per heavy atom. The van der Waals surface area contributed by atoms with Gasteiger partial charge in [0.25, 0.3) is 5.91 Å². The molecular weight excluding hydrogens is 282 g/mol. The van der Waals surface area contributed by atoms with Crippen LogP contribution in [0.4, 0.5) is 0 Å². The fraction of sp³-hybridized carbons (Fsp3) is 0.312. The number of nitrogens with one attached hydrogen (secondary N) is 2. The van der Waals surface area contributed by atoms with Crippen molar-refractivity contribution in [2.45, 2.75) is 32.4 Å². The van der Waals surface area contributed by atoms with E-state index in [0.717, 1.165) is 17.7 Å². The molecule has 1 aromatic carbocycles. The summed E-state index contributed by atoms with van der Waals surface area (Å²) < 4.78 is 5.11. The Morgan fingerprint density at radius 2 is 2.23 bits per heavy atom. The van der Waals surface area contributed by atoms with Gasteiger partial charge < -0.3 is 15.2 Å². The van der Waals surface area contributed by atoms with E-state index in [1.807, 2.05) is 31.2 Å². The van der Waals surface area contributed by atoms with Crippen molar-refractivity contribution in [1.29, 1.82) is 0 Å². The summed E-state index contributed by atoms with van der Waals surface area (Å²) in [6.45, 7) is 2.29. The van der Waals surface area contributed by atoms with E-state index < -0.39 is 0 Å². The number of hydrogen-bond acceptors (Lipinski definition) is 4. The number of amides is 2. The van der Waals surface area contributed by atoms with Gasteiger partial charge in [-0.15, -0.1) is 0 Å². The number of rotatable bonds is 5. The second kappa shape index (κ2) is 6.01. The average Bonchev–Trinajstić information content (AvgIpc) is 3.11. The van der Waals surface area contributed by atoms with Crippen molar-refractivity contribution in [3.05, 3.63) is 52.9 Å². The van der Waals surface area contributed by atoms with E-state index in [1.54, 1.807) is 6.07 Å². The Hall–Kier alpha value is -2.63. The highest BCUT2D eigenvalue weighted by Crippen LogP contribution is 2.27. The van der Waals surface area contributed by atoms with Gasteiger partial charge in [-0.05, 0) is 18.1 Å². The van der Waals surface area contributed by atoms with Crippen molar-refractivity contribution in [2.24, 2.45) is 0 Å². The van der Waals surface area contributed by atoms with Gasteiger partial charge in [-0.25, -0.2) is 0 Å². The van der Waals surface area contributed by atoms with Crippen molar-refractivity contribution in [2.75, 3.05) is 0 Å². The minimum absolute atomic E-state index is 0.128. The fourth-order valence-electron chi connectivity index (χ4n) is 2.53. The van der Waals surface area contributed by atoms with Crippen LogP contribution in [0.15, 0.2) is 34.9 Å². The van der Waals surface area contributed by atoms with Crippen molar-refractivity contribution in [1.82, 2.24) is 15.8 Å². The standard InChI is InChI=1S/C16H17N3O3/c1-2-10-7-11(22-19-10)9-17-15(20)8-14-12-5-3-4-6-13(12)16(21)18-14/h3-7,14H,2,8-9H2,1H3,(H,17,20)(H,18,21)/t14-/m0/s1. The molecule has 0 spiro atoms. The summed E-state index contributed by atoms with van der Waals surface area (Å²) in [5, 5.41) is 9.48. The largest absolute Gasteiger partial charge is 0.359 e. The van der Waals surface area contributed by atoms with Crippen LogP contribution in [0.25, 0.3) is 0 Å². The predicted octanol–water partition coefficient (Wildman–Crippen LogP) is 1.73. The van der Waals surface area contributed by atoms with E-state index in [1.165, 1.54) is 0 Å². The zero-order chi connectivity index (χ0) is 15.5. The molecule has 2 aromatic rings. The monoisotopic (exact) mass is 299 g/mol. The van der Waals surface area contributed by atoms with E-state index >= 15 is 0 Å². The Morgan fingerprint density at radius 1 is 1.41 bits per heavy atom. The Balaban J connectivity index is 1.57. The van der Waals surface area contributed by atoms with Crippen molar-refractivity contribution in [3.8, 4) is 0 Å². The van der Waals surface area contributed by atoms with Crippen LogP contribution in [0, 0.1) is 0 Å². The molecule has 2 heterocycles. The van der Waals surface area contributed by atoms with Crippen LogP contribution in [0.1, 0.15) is 46.8 Å². The maximum Gasteiger partial charge on any atom is 0.252 e. The lowest BCUT2D eigenvalue weighted by atomic mass is 10.0. The second-order valence-electron chi connectivity index (χ2n) is 5.23. The molecule has 6 nitrogen and oxygen atoms in total. The van der Waals surface area contributed by atoms with Gasteiger partial charge in [0, 0.05) is 11.6 Å². The molecule has 22 heavy (non-hydrogen) atoms. The van der Waals surface area contributed by atoms with E-state index in [-0.39, 0.29) is 24.3 Å². The van der Waals surface area contributed by atoms with Crippen LogP contribution in [0.2, 0.25) is 0 Å². The molecule has 0 unspecified atom stereocenters. The zero-order valence-corrected chi connectivity index (χ0v) is 12.3. The van der Waals surface area contributed by atoms with Crippen LogP contribution in [-0.4, -0.2) is 17.0 Å². The molecule has 0 aliphatic carbocycles. The van der Waals surface area contributed by atoms with E-state index in [4.69, 9.17) is 4.52 Å². The van der Waals surface area contributed by atoms with Crippen molar-refractivity contribution >= 4 is 11.8 Å². The van der Waals surface area contributed by atoms with Crippen molar-refractivity contribution < 1.29 is 14.1 Å². The van der Waals surface area contributed by atoms with Gasteiger partial charge in [0.05, 0.1) is 24.7 Å². The highest BCUT2D eigenvalue weighted by atomic mass is 16.5. The zero-order valence-electron chi connectivity index (χ0n) is 12.3. The lowest BCUT2D eigenvalue weighted by Crippen LogP contribution is -2.28. The van der Waals surface area contributed by atoms with E-state index in [0.29, 0.717) is 17.9 Å². The Labute approximate surface area is 127 Å². The first-order valence-corrected chi connectivity index (χ1v) is 7.28. The van der Waals surface area contributed by atoms with Crippen LogP contribution in [0.5, 0.6) is 0 Å². The topological polar surface area (TPSA) is 84.2 Å². The number of carbonyl (C=O) groups excluding carboxylic acids is 2. The summed E-state index contributed by atoms with van der Waals surface area (Å²) in [5.74, 6) is 0.355. The molecule has 1 atom stereocenters. The Kier molecular flexibility index (Phi) is 3.91. The molecule has 1 aliphatic rings. The fourth-order valence-corrected chi connectivity index (χ4v) is 2.53. The number of aryl methyl sites for hydroxylation is 1. The molecule has 0 saturated carbocycles. The molecule has 2 N–H and O–H groups in total. The molecule has 0 radical (unpaired) electrons. The molecule has 1 aliphatic heterocycles. The third-order valence-corrected chi connectivity index (χ3v) is 3.71. The lowest BCUT2D eigenvalue weighted by Gasteiger charge is -2.11. The molecule has 3 rings (SSSR count). The third kappa shape index (κ3) is 2.86. The first-order valence-electron chi connectivity index (χ1n) is 7.28. The SMILES string of the molecule is CCc1cc(CNC(=O)C[C@@H]2NC(=O)c3ccccc32)on1. The molecule has 114 valence electrons. The number of hydrogen-bond donors (Lipinski definition) is 2. The summed E-state index contributed by atoms with van der Waals surface area (Å²) >= 11 is 0. The van der Waals surface area contributed by atoms with Gasteiger partial charge in [-0.2, -0.15) is 0 Å². The summed E-state index contributed by atoms with van der Waals surface area (Å²) in [7, 11) is 0. The third-order valence-electron chi connectivity index (χ3n) is 3.71. The maximum absolute atomic E-state index is 12.0. The highest BCUT2D eigenvalue weighted by Gasteiger charge is 2.29. The normalized spacial score (nSPS) is 16.2. The summed E-state index contributed by atoms with van der Waals surface area (Å²) in [5.41, 5.74) is 2.37. The highest BCUT2D eigenvalue weighted by molar-refractivity contribution is 5.99. The smallest absolute Gasteiger partial charge is 0.252 e. The average molecular weight is 299 g/mol. The number of fused-ring (bicyclic) bond motifs is 1. The number of benzene rings is 1. The molecular formula is C16H17N3O3. The van der Waals surface area contributed by atoms with Gasteiger partial charge >= 0.3 is 0 Å². The van der Waals surface area contributed by atoms with Gasteiger partial charge in [0.1, 0.15) is 0 Å². The molecule has 0 saturated heterocycles. The van der Waals surface area contributed by atoms with Crippen LogP contribution >= 0.6 is 0 Å².